The Balaban J connectivity index is 2.19. The van der Waals surface area contributed by atoms with Crippen molar-refractivity contribution < 1.29 is 10.2 Å². The molecular weight excluding hydrogens is 348 g/mol. The topological polar surface area (TPSA) is 92.5 Å². The van der Waals surface area contributed by atoms with Gasteiger partial charge in [-0.3, -0.25) is 0 Å². The van der Waals surface area contributed by atoms with E-state index in [0.717, 1.165) is 12.0 Å². The first-order valence-corrected chi connectivity index (χ1v) is 10.1. The van der Waals surface area contributed by atoms with Crippen LogP contribution in [0.25, 0.3) is 0 Å². The smallest absolute Gasteiger partial charge is 0.137 e. The predicted octanol–water partition coefficient (Wildman–Crippen LogP) is 3.48. The zero-order valence-corrected chi connectivity index (χ0v) is 17.2. The van der Waals surface area contributed by atoms with Crippen LogP contribution < -0.4 is 11.5 Å². The number of hydrogen-bond donors (Lipinski definition) is 4. The van der Waals surface area contributed by atoms with Crippen LogP contribution in [0.2, 0.25) is 0 Å². The predicted molar refractivity (Wildman–Crippen MR) is 113 cm³/mol. The van der Waals surface area contributed by atoms with E-state index in [1.165, 1.54) is 0 Å². The van der Waals surface area contributed by atoms with E-state index < -0.39 is 17.2 Å². The van der Waals surface area contributed by atoms with Crippen molar-refractivity contribution in [1.29, 1.82) is 0 Å². The van der Waals surface area contributed by atoms with Gasteiger partial charge in [-0.15, -0.1) is 0 Å². The van der Waals surface area contributed by atoms with Gasteiger partial charge in [0.15, 0.2) is 0 Å². The van der Waals surface area contributed by atoms with Crippen molar-refractivity contribution in [3.63, 3.8) is 0 Å². The lowest BCUT2D eigenvalue weighted by atomic mass is 9.53. The second-order valence-corrected chi connectivity index (χ2v) is 9.76. The molecule has 1 fully saturated rings. The molecule has 6 N–H and O–H groups in total. The van der Waals surface area contributed by atoms with Gasteiger partial charge in [-0.25, -0.2) is 0 Å². The molecule has 0 aromatic heterocycles. The zero-order chi connectivity index (χ0) is 20.6. The molecule has 28 heavy (non-hydrogen) atoms. The highest BCUT2D eigenvalue weighted by molar-refractivity contribution is 5.35. The molecular formula is C24H34N2O2. The molecule has 0 spiro atoms. The maximum atomic E-state index is 12.2. The van der Waals surface area contributed by atoms with E-state index in [2.05, 4.69) is 20.8 Å². The molecule has 2 aromatic rings. The van der Waals surface area contributed by atoms with Crippen LogP contribution >= 0.6 is 0 Å². The van der Waals surface area contributed by atoms with Crippen LogP contribution in [0, 0.1) is 10.8 Å². The normalized spacial score (nSPS) is 30.4. The van der Waals surface area contributed by atoms with E-state index in [9.17, 15) is 10.2 Å². The summed E-state index contributed by atoms with van der Waals surface area (Å²) >= 11 is 0. The summed E-state index contributed by atoms with van der Waals surface area (Å²) < 4.78 is 0. The van der Waals surface area contributed by atoms with Crippen LogP contribution in [0.1, 0.15) is 57.2 Å². The molecule has 152 valence electrons. The summed E-state index contributed by atoms with van der Waals surface area (Å²) in [4.78, 5) is 0. The van der Waals surface area contributed by atoms with E-state index in [1.54, 1.807) is 0 Å². The molecule has 4 heteroatoms. The van der Waals surface area contributed by atoms with Crippen LogP contribution in [-0.4, -0.2) is 22.4 Å². The molecule has 0 aliphatic heterocycles. The Hall–Kier alpha value is -1.72. The van der Waals surface area contributed by atoms with Gasteiger partial charge in [-0.2, -0.15) is 0 Å². The maximum Gasteiger partial charge on any atom is 0.137 e. The number of hydrogen-bond acceptors (Lipinski definition) is 4. The Labute approximate surface area is 168 Å². The van der Waals surface area contributed by atoms with Gasteiger partial charge in [0.2, 0.25) is 0 Å². The van der Waals surface area contributed by atoms with Gasteiger partial charge in [0.05, 0.1) is 6.04 Å². The summed E-state index contributed by atoms with van der Waals surface area (Å²) in [6, 6.07) is 18.1. The summed E-state index contributed by atoms with van der Waals surface area (Å²) in [7, 11) is 0. The Kier molecular flexibility index (Phi) is 5.45. The Morgan fingerprint density at radius 3 is 2.00 bits per heavy atom. The second-order valence-electron chi connectivity index (χ2n) is 9.76. The van der Waals surface area contributed by atoms with Crippen molar-refractivity contribution >= 4 is 0 Å². The van der Waals surface area contributed by atoms with Crippen molar-refractivity contribution in [2.75, 3.05) is 6.54 Å². The average molecular weight is 383 g/mol. The highest BCUT2D eigenvalue weighted by Gasteiger charge is 2.61. The quantitative estimate of drug-likeness (QED) is 0.637. The van der Waals surface area contributed by atoms with Crippen molar-refractivity contribution in [1.82, 2.24) is 0 Å². The lowest BCUT2D eigenvalue weighted by Gasteiger charge is -2.57. The highest BCUT2D eigenvalue weighted by Crippen LogP contribution is 2.57. The molecule has 2 aromatic carbocycles. The van der Waals surface area contributed by atoms with Crippen molar-refractivity contribution in [2.45, 2.75) is 57.3 Å². The third-order valence-electron chi connectivity index (χ3n) is 6.42. The minimum atomic E-state index is -1.65. The molecule has 4 atom stereocenters. The summed E-state index contributed by atoms with van der Waals surface area (Å²) in [5.74, 6) is 0. The summed E-state index contributed by atoms with van der Waals surface area (Å²) in [5.41, 5.74) is 10.7. The number of benzene rings is 2. The fourth-order valence-corrected chi connectivity index (χ4v) is 5.59. The van der Waals surface area contributed by atoms with Crippen LogP contribution in [-0.2, 0) is 5.60 Å². The van der Waals surface area contributed by atoms with Crippen molar-refractivity contribution in [2.24, 2.45) is 22.3 Å². The van der Waals surface area contributed by atoms with E-state index in [0.29, 0.717) is 24.9 Å². The monoisotopic (exact) mass is 382 g/mol. The maximum absolute atomic E-state index is 12.2. The molecule has 0 radical (unpaired) electrons. The Morgan fingerprint density at radius 1 is 0.929 bits per heavy atom. The van der Waals surface area contributed by atoms with Crippen molar-refractivity contribution in [3.8, 4) is 0 Å². The SMILES string of the molecule is CC1(C)CC(C)(CN)CC(O)(C(O)(c2ccccc2)C(N)c2ccccc2)C1. The van der Waals surface area contributed by atoms with Crippen LogP contribution in [0.15, 0.2) is 60.7 Å². The van der Waals surface area contributed by atoms with Crippen LogP contribution in [0.5, 0.6) is 0 Å². The molecule has 0 heterocycles. The van der Waals surface area contributed by atoms with E-state index in [4.69, 9.17) is 11.5 Å². The Bertz CT molecular complexity index is 795. The summed E-state index contributed by atoms with van der Waals surface area (Å²) in [6.07, 6.45) is 1.73. The molecule has 4 unspecified atom stereocenters. The average Bonchev–Trinajstić information content (AvgIpc) is 2.66. The molecule has 1 aliphatic carbocycles. The molecule has 0 bridgehead atoms. The van der Waals surface area contributed by atoms with Crippen molar-refractivity contribution in [3.05, 3.63) is 71.8 Å². The number of nitrogens with two attached hydrogens (primary N) is 2. The van der Waals surface area contributed by atoms with Crippen LogP contribution in [0.3, 0.4) is 0 Å². The lowest BCUT2D eigenvalue weighted by Crippen LogP contribution is -2.63. The van der Waals surface area contributed by atoms with Gasteiger partial charge in [0.25, 0.3) is 0 Å². The minimum Gasteiger partial charge on any atom is -0.386 e. The molecule has 4 nitrogen and oxygen atoms in total. The highest BCUT2D eigenvalue weighted by atomic mass is 16.4. The molecule has 0 amide bonds. The third kappa shape index (κ3) is 3.62. The largest absolute Gasteiger partial charge is 0.386 e. The van der Waals surface area contributed by atoms with E-state index in [1.807, 2.05) is 60.7 Å². The number of aliphatic hydroxyl groups is 2. The van der Waals surface area contributed by atoms with E-state index in [-0.39, 0.29) is 10.8 Å². The van der Waals surface area contributed by atoms with Gasteiger partial charge >= 0.3 is 0 Å². The third-order valence-corrected chi connectivity index (χ3v) is 6.42. The summed E-state index contributed by atoms with van der Waals surface area (Å²) in [5, 5.41) is 24.3. The van der Waals surface area contributed by atoms with Gasteiger partial charge in [-0.1, -0.05) is 81.4 Å². The fourth-order valence-electron chi connectivity index (χ4n) is 5.59. The lowest BCUT2D eigenvalue weighted by molar-refractivity contribution is -0.222. The van der Waals surface area contributed by atoms with E-state index >= 15 is 0 Å². The Morgan fingerprint density at radius 2 is 1.46 bits per heavy atom. The zero-order valence-electron chi connectivity index (χ0n) is 17.2. The van der Waals surface area contributed by atoms with Gasteiger partial charge in [0.1, 0.15) is 11.2 Å². The number of rotatable bonds is 5. The van der Waals surface area contributed by atoms with Gasteiger partial charge in [0, 0.05) is 0 Å². The second kappa shape index (κ2) is 7.27. The molecule has 1 saturated carbocycles. The van der Waals surface area contributed by atoms with Gasteiger partial charge < -0.3 is 21.7 Å². The molecule has 0 saturated heterocycles. The van der Waals surface area contributed by atoms with Gasteiger partial charge in [-0.05, 0) is 47.8 Å². The summed E-state index contributed by atoms with van der Waals surface area (Å²) in [6.45, 7) is 6.80. The first kappa shape index (κ1) is 21.0. The first-order valence-electron chi connectivity index (χ1n) is 10.1. The molecule has 1 aliphatic rings. The standard InChI is InChI=1S/C24H34N2O2/c1-21(2)14-22(3,17-25)16-23(27,15-21)24(28,19-12-8-5-9-13-19)20(26)18-10-6-4-7-11-18/h4-13,20,27-28H,14-17,25-26H2,1-3H3. The first-order chi connectivity index (χ1) is 13.1. The molecule has 3 rings (SSSR count). The minimum absolute atomic E-state index is 0.180. The fraction of sp³-hybridized carbons (Fsp3) is 0.500. The van der Waals surface area contributed by atoms with Crippen LogP contribution in [0.4, 0.5) is 0 Å².